The number of hydrogen-bond donors (Lipinski definition) is 1. The van der Waals surface area contributed by atoms with Crippen molar-refractivity contribution in [1.29, 1.82) is 0 Å². The Morgan fingerprint density at radius 1 is 1.24 bits per heavy atom. The van der Waals surface area contributed by atoms with Gasteiger partial charge in [0.05, 0.1) is 6.61 Å². The molecule has 21 heavy (non-hydrogen) atoms. The number of halogens is 3. The van der Waals surface area contributed by atoms with E-state index in [1.165, 1.54) is 13.0 Å². The molecule has 3 nitrogen and oxygen atoms in total. The normalized spacial score (nSPS) is 12.6. The van der Waals surface area contributed by atoms with Crippen LogP contribution in [0.25, 0.3) is 10.8 Å². The van der Waals surface area contributed by atoms with E-state index in [0.717, 1.165) is 10.8 Å². The fourth-order valence-corrected chi connectivity index (χ4v) is 1.96. The fraction of sp³-hybridized carbons (Fsp3) is 0.267. The number of rotatable bonds is 4. The lowest BCUT2D eigenvalue weighted by atomic mass is 9.98. The molecule has 0 aliphatic carbocycles. The second-order valence-corrected chi connectivity index (χ2v) is 4.43. The van der Waals surface area contributed by atoms with Crippen LogP contribution >= 0.6 is 12.4 Å². The van der Waals surface area contributed by atoms with Crippen LogP contribution in [0.1, 0.15) is 18.5 Å². The molecule has 0 saturated heterocycles. The number of ether oxygens (including phenoxy) is 1. The van der Waals surface area contributed by atoms with E-state index in [0.29, 0.717) is 0 Å². The van der Waals surface area contributed by atoms with Crippen molar-refractivity contribution in [2.24, 2.45) is 5.73 Å². The minimum atomic E-state index is -3.75. The van der Waals surface area contributed by atoms with E-state index in [1.807, 2.05) is 12.1 Å². The monoisotopic (exact) mass is 315 g/mol. The first-order valence-corrected chi connectivity index (χ1v) is 6.26. The molecule has 0 unspecified atom stereocenters. The van der Waals surface area contributed by atoms with Gasteiger partial charge in [0.15, 0.2) is 0 Å². The highest BCUT2D eigenvalue weighted by Crippen LogP contribution is 2.32. The Kier molecular flexibility index (Phi) is 5.63. The number of nitrogens with two attached hydrogens (primary N) is 1. The maximum absolute atomic E-state index is 13.9. The maximum Gasteiger partial charge on any atom is 0.379 e. The summed E-state index contributed by atoms with van der Waals surface area (Å²) in [6.07, 6.45) is 0. The third-order valence-corrected chi connectivity index (χ3v) is 3.07. The van der Waals surface area contributed by atoms with Crippen molar-refractivity contribution < 1.29 is 18.3 Å². The Morgan fingerprint density at radius 2 is 1.86 bits per heavy atom. The lowest BCUT2D eigenvalue weighted by molar-refractivity contribution is -0.174. The molecule has 1 atom stereocenters. The summed E-state index contributed by atoms with van der Waals surface area (Å²) in [6.45, 7) is 1.36. The van der Waals surface area contributed by atoms with Gasteiger partial charge in [0, 0.05) is 0 Å². The Hall–Kier alpha value is -1.72. The van der Waals surface area contributed by atoms with Crippen LogP contribution in [0.5, 0.6) is 0 Å². The average Bonchev–Trinajstić information content (AvgIpc) is 2.46. The number of benzene rings is 2. The third-order valence-electron chi connectivity index (χ3n) is 3.07. The minimum absolute atomic E-state index is 0. The van der Waals surface area contributed by atoms with Crippen LogP contribution in [0.3, 0.4) is 0 Å². The van der Waals surface area contributed by atoms with Crippen LogP contribution in [0.4, 0.5) is 8.78 Å². The van der Waals surface area contributed by atoms with E-state index in [4.69, 9.17) is 5.73 Å². The number of alkyl halides is 2. The van der Waals surface area contributed by atoms with Gasteiger partial charge in [-0.1, -0.05) is 36.4 Å². The lowest BCUT2D eigenvalue weighted by Crippen LogP contribution is -2.41. The zero-order valence-corrected chi connectivity index (χ0v) is 12.2. The molecule has 0 saturated carbocycles. The minimum Gasteiger partial charge on any atom is -0.462 e. The van der Waals surface area contributed by atoms with Crippen LogP contribution in [-0.4, -0.2) is 18.5 Å². The Morgan fingerprint density at radius 3 is 2.48 bits per heavy atom. The summed E-state index contributed by atoms with van der Waals surface area (Å²) in [5, 5.41) is 1.71. The molecule has 2 rings (SSSR count). The zero-order valence-electron chi connectivity index (χ0n) is 11.4. The summed E-state index contributed by atoms with van der Waals surface area (Å²) in [4.78, 5) is 11.3. The zero-order chi connectivity index (χ0) is 14.8. The van der Waals surface area contributed by atoms with Gasteiger partial charge in [-0.2, -0.15) is 8.78 Å². The molecule has 0 aliphatic rings. The molecule has 2 aromatic rings. The van der Waals surface area contributed by atoms with Gasteiger partial charge in [0.2, 0.25) is 0 Å². The first-order chi connectivity index (χ1) is 9.46. The van der Waals surface area contributed by atoms with E-state index >= 15 is 0 Å². The number of carbonyl (C=O) groups excluding carboxylic acids is 1. The summed E-state index contributed by atoms with van der Waals surface area (Å²) in [5.74, 6) is -5.35. The molecule has 0 radical (unpaired) electrons. The molecule has 2 N–H and O–H groups in total. The molecule has 0 aliphatic heterocycles. The number of hydrogen-bond acceptors (Lipinski definition) is 3. The van der Waals surface area contributed by atoms with Crippen LogP contribution in [0.2, 0.25) is 0 Å². The molecule has 6 heteroatoms. The number of esters is 1. The SMILES string of the molecule is CCOC(=O)C(F)(F)[C@H](N)c1ccc2ccccc2c1.Cl. The number of carbonyl (C=O) groups is 1. The van der Waals surface area contributed by atoms with Crippen LogP contribution in [0, 0.1) is 0 Å². The molecule has 0 fully saturated rings. The van der Waals surface area contributed by atoms with Crippen molar-refractivity contribution in [3.05, 3.63) is 48.0 Å². The molecular weight excluding hydrogens is 300 g/mol. The molecule has 0 aromatic heterocycles. The van der Waals surface area contributed by atoms with Crippen molar-refractivity contribution in [2.75, 3.05) is 6.61 Å². The molecule has 0 spiro atoms. The highest BCUT2D eigenvalue weighted by atomic mass is 35.5. The summed E-state index contributed by atoms with van der Waals surface area (Å²) < 4.78 is 32.1. The van der Waals surface area contributed by atoms with Gasteiger partial charge in [-0.05, 0) is 29.3 Å². The van der Waals surface area contributed by atoms with Gasteiger partial charge < -0.3 is 10.5 Å². The van der Waals surface area contributed by atoms with Crippen molar-refractivity contribution in [3.63, 3.8) is 0 Å². The van der Waals surface area contributed by atoms with E-state index in [-0.39, 0.29) is 24.6 Å². The summed E-state index contributed by atoms with van der Waals surface area (Å²) >= 11 is 0. The van der Waals surface area contributed by atoms with E-state index in [1.54, 1.807) is 24.3 Å². The van der Waals surface area contributed by atoms with Gasteiger partial charge in [-0.15, -0.1) is 12.4 Å². The number of fused-ring (bicyclic) bond motifs is 1. The predicted molar refractivity (Wildman–Crippen MR) is 79.7 cm³/mol. The molecule has 0 heterocycles. The highest BCUT2D eigenvalue weighted by Gasteiger charge is 2.47. The summed E-state index contributed by atoms with van der Waals surface area (Å²) in [5.41, 5.74) is 5.74. The predicted octanol–water partition coefficient (Wildman–Crippen LogP) is 3.46. The Bertz CT molecular complexity index is 634. The Balaban J connectivity index is 0.00000220. The van der Waals surface area contributed by atoms with Gasteiger partial charge in [0.25, 0.3) is 0 Å². The quantitative estimate of drug-likeness (QED) is 0.879. The lowest BCUT2D eigenvalue weighted by Gasteiger charge is -2.22. The topological polar surface area (TPSA) is 52.3 Å². The van der Waals surface area contributed by atoms with Crippen molar-refractivity contribution in [2.45, 2.75) is 18.9 Å². The Labute approximate surface area is 127 Å². The third kappa shape index (κ3) is 3.49. The second kappa shape index (κ2) is 6.83. The van der Waals surface area contributed by atoms with Gasteiger partial charge in [0.1, 0.15) is 6.04 Å². The second-order valence-electron chi connectivity index (χ2n) is 4.43. The highest BCUT2D eigenvalue weighted by molar-refractivity contribution is 5.85. The smallest absolute Gasteiger partial charge is 0.379 e. The van der Waals surface area contributed by atoms with E-state index in [2.05, 4.69) is 4.74 Å². The van der Waals surface area contributed by atoms with Crippen molar-refractivity contribution >= 4 is 29.1 Å². The van der Waals surface area contributed by atoms with Crippen LogP contribution in [-0.2, 0) is 9.53 Å². The van der Waals surface area contributed by atoms with Crippen LogP contribution in [0.15, 0.2) is 42.5 Å². The molecular formula is C15H16ClF2NO2. The molecule has 114 valence electrons. The average molecular weight is 316 g/mol. The summed E-state index contributed by atoms with van der Waals surface area (Å²) in [6, 6.07) is 10.4. The maximum atomic E-state index is 13.9. The molecule has 2 aromatic carbocycles. The molecule has 0 amide bonds. The standard InChI is InChI=1S/C15H15F2NO2.ClH/c1-2-20-14(19)15(16,17)13(18)12-8-7-10-5-3-4-6-11(10)9-12;/h3-9,13H,2,18H2,1H3;1H/t13-;/m1./s1. The molecule has 0 bridgehead atoms. The van der Waals surface area contributed by atoms with E-state index < -0.39 is 17.9 Å². The van der Waals surface area contributed by atoms with Crippen molar-refractivity contribution in [1.82, 2.24) is 0 Å². The largest absolute Gasteiger partial charge is 0.462 e. The first kappa shape index (κ1) is 17.3. The van der Waals surface area contributed by atoms with Crippen LogP contribution < -0.4 is 5.73 Å². The van der Waals surface area contributed by atoms with Gasteiger partial charge in [-0.3, -0.25) is 0 Å². The first-order valence-electron chi connectivity index (χ1n) is 6.26. The van der Waals surface area contributed by atoms with Gasteiger partial charge in [-0.25, -0.2) is 4.79 Å². The van der Waals surface area contributed by atoms with Gasteiger partial charge >= 0.3 is 11.9 Å². The van der Waals surface area contributed by atoms with E-state index in [9.17, 15) is 13.6 Å². The fourth-order valence-electron chi connectivity index (χ4n) is 1.96. The van der Waals surface area contributed by atoms with Crippen molar-refractivity contribution in [3.8, 4) is 0 Å². The summed E-state index contributed by atoms with van der Waals surface area (Å²) in [7, 11) is 0.